The Labute approximate surface area is 143 Å². The Kier molecular flexibility index (Phi) is 4.13. The molecule has 0 N–H and O–H groups in total. The Morgan fingerprint density at radius 1 is 1.00 bits per heavy atom. The lowest BCUT2D eigenvalue weighted by molar-refractivity contribution is -0.116. The van der Waals surface area contributed by atoms with Crippen molar-refractivity contribution in [2.45, 2.75) is 0 Å². The third-order valence-corrected chi connectivity index (χ3v) is 4.29. The highest BCUT2D eigenvalue weighted by Crippen LogP contribution is 2.31. The van der Waals surface area contributed by atoms with Crippen molar-refractivity contribution >= 4 is 52.1 Å². The van der Waals surface area contributed by atoms with Crippen molar-refractivity contribution in [2.24, 2.45) is 4.99 Å². The van der Waals surface area contributed by atoms with Crippen LogP contribution in [0.1, 0.15) is 11.1 Å². The standard InChI is InChI=1S/C16H11Cl3N2O/c1-21-14-5-3-9(17)6-12(14)16(20-8-15(21)22)11-4-2-10(18)7-13(11)19/h2-7H,8H2,1H3. The zero-order valence-electron chi connectivity index (χ0n) is 11.6. The van der Waals surface area contributed by atoms with E-state index in [9.17, 15) is 4.79 Å². The van der Waals surface area contributed by atoms with E-state index < -0.39 is 0 Å². The smallest absolute Gasteiger partial charge is 0.248 e. The van der Waals surface area contributed by atoms with E-state index in [4.69, 9.17) is 34.8 Å². The van der Waals surface area contributed by atoms with Gasteiger partial charge in [0, 0.05) is 28.2 Å². The van der Waals surface area contributed by atoms with Crippen LogP contribution >= 0.6 is 34.8 Å². The van der Waals surface area contributed by atoms with Gasteiger partial charge in [0.15, 0.2) is 0 Å². The van der Waals surface area contributed by atoms with Gasteiger partial charge in [-0.3, -0.25) is 9.79 Å². The van der Waals surface area contributed by atoms with Crippen LogP contribution in [-0.4, -0.2) is 25.2 Å². The predicted molar refractivity (Wildman–Crippen MR) is 91.8 cm³/mol. The van der Waals surface area contributed by atoms with Crippen LogP contribution < -0.4 is 4.90 Å². The van der Waals surface area contributed by atoms with Gasteiger partial charge in [0.2, 0.25) is 5.91 Å². The number of rotatable bonds is 1. The zero-order chi connectivity index (χ0) is 15.9. The van der Waals surface area contributed by atoms with E-state index >= 15 is 0 Å². The third kappa shape index (κ3) is 2.72. The number of carbonyl (C=O) groups is 1. The van der Waals surface area contributed by atoms with E-state index in [0.717, 1.165) is 16.8 Å². The summed E-state index contributed by atoms with van der Waals surface area (Å²) in [6.45, 7) is 0.0527. The lowest BCUT2D eigenvalue weighted by Gasteiger charge is -2.18. The highest BCUT2D eigenvalue weighted by molar-refractivity contribution is 6.38. The summed E-state index contributed by atoms with van der Waals surface area (Å²) in [6, 6.07) is 10.5. The zero-order valence-corrected chi connectivity index (χ0v) is 13.9. The lowest BCUT2D eigenvalue weighted by atomic mass is 10.00. The molecule has 1 heterocycles. The molecule has 3 nitrogen and oxygen atoms in total. The van der Waals surface area contributed by atoms with Crippen LogP contribution in [0.5, 0.6) is 0 Å². The summed E-state index contributed by atoms with van der Waals surface area (Å²) in [5.74, 6) is -0.0938. The fourth-order valence-corrected chi connectivity index (χ4v) is 3.04. The van der Waals surface area contributed by atoms with Crippen LogP contribution in [0, 0.1) is 0 Å². The second kappa shape index (κ2) is 5.92. The van der Waals surface area contributed by atoms with E-state index in [1.54, 1.807) is 48.3 Å². The maximum Gasteiger partial charge on any atom is 0.248 e. The molecule has 22 heavy (non-hydrogen) atoms. The molecule has 1 aliphatic heterocycles. The van der Waals surface area contributed by atoms with Gasteiger partial charge in [0.05, 0.1) is 16.4 Å². The van der Waals surface area contributed by atoms with E-state index in [2.05, 4.69) is 4.99 Å². The second-order valence-corrected chi connectivity index (χ2v) is 6.18. The molecule has 0 aliphatic carbocycles. The predicted octanol–water partition coefficient (Wildman–Crippen LogP) is 4.46. The van der Waals surface area contributed by atoms with Crippen molar-refractivity contribution in [1.29, 1.82) is 0 Å². The minimum Gasteiger partial charge on any atom is -0.313 e. The van der Waals surface area contributed by atoms with Gasteiger partial charge in [-0.2, -0.15) is 0 Å². The van der Waals surface area contributed by atoms with Gasteiger partial charge in [-0.15, -0.1) is 0 Å². The first-order valence-electron chi connectivity index (χ1n) is 6.53. The fourth-order valence-electron chi connectivity index (χ4n) is 2.37. The quantitative estimate of drug-likeness (QED) is 0.745. The molecule has 1 amide bonds. The number of benzodiazepines with no additional fused rings is 1. The number of nitrogens with zero attached hydrogens (tertiary/aromatic N) is 2. The molecule has 0 fully saturated rings. The van der Waals surface area contributed by atoms with Crippen LogP contribution in [0.3, 0.4) is 0 Å². The summed E-state index contributed by atoms with van der Waals surface area (Å²) >= 11 is 18.4. The second-order valence-electron chi connectivity index (χ2n) is 4.90. The molecular formula is C16H11Cl3N2O. The molecule has 1 aliphatic rings. The number of aliphatic imine (C=N–C) groups is 1. The summed E-state index contributed by atoms with van der Waals surface area (Å²) in [6.07, 6.45) is 0. The normalized spacial score (nSPS) is 14.5. The first kappa shape index (κ1) is 15.3. The highest BCUT2D eigenvalue weighted by Gasteiger charge is 2.23. The molecule has 0 saturated heterocycles. The number of hydrogen-bond acceptors (Lipinski definition) is 2. The maximum atomic E-state index is 12.1. The Morgan fingerprint density at radius 2 is 1.68 bits per heavy atom. The number of benzene rings is 2. The summed E-state index contributed by atoms with van der Waals surface area (Å²) in [7, 11) is 1.72. The van der Waals surface area contributed by atoms with Crippen LogP contribution in [-0.2, 0) is 4.79 Å². The molecule has 0 aromatic heterocycles. The number of anilines is 1. The molecule has 112 valence electrons. The van der Waals surface area contributed by atoms with Gasteiger partial charge in [-0.05, 0) is 36.4 Å². The van der Waals surface area contributed by atoms with Gasteiger partial charge < -0.3 is 4.90 Å². The van der Waals surface area contributed by atoms with E-state index in [1.807, 2.05) is 0 Å². The lowest BCUT2D eigenvalue weighted by Crippen LogP contribution is -2.27. The van der Waals surface area contributed by atoms with Gasteiger partial charge in [-0.1, -0.05) is 34.8 Å². The molecule has 0 saturated carbocycles. The molecule has 0 unspecified atom stereocenters. The number of carbonyl (C=O) groups excluding carboxylic acids is 1. The molecule has 2 aromatic carbocycles. The fraction of sp³-hybridized carbons (Fsp3) is 0.125. The number of hydrogen-bond donors (Lipinski definition) is 0. The molecule has 6 heteroatoms. The van der Waals surface area contributed by atoms with Gasteiger partial charge in [-0.25, -0.2) is 0 Å². The summed E-state index contributed by atoms with van der Waals surface area (Å²) < 4.78 is 0. The molecule has 0 atom stereocenters. The van der Waals surface area contributed by atoms with Crippen LogP contribution in [0.4, 0.5) is 5.69 Å². The third-order valence-electron chi connectivity index (χ3n) is 3.51. The molecule has 0 radical (unpaired) electrons. The largest absolute Gasteiger partial charge is 0.313 e. The minimum absolute atomic E-state index is 0.0527. The Hall–Kier alpha value is -1.55. The number of fused-ring (bicyclic) bond motifs is 1. The average Bonchev–Trinajstić information content (AvgIpc) is 2.58. The SMILES string of the molecule is CN1C(=O)CN=C(c2ccc(Cl)cc2Cl)c2cc(Cl)ccc21. The van der Waals surface area contributed by atoms with Crippen molar-refractivity contribution in [3.63, 3.8) is 0 Å². The first-order chi connectivity index (χ1) is 10.5. The molecule has 3 rings (SSSR count). The topological polar surface area (TPSA) is 32.7 Å². The highest BCUT2D eigenvalue weighted by atomic mass is 35.5. The van der Waals surface area contributed by atoms with E-state index in [-0.39, 0.29) is 12.5 Å². The molecule has 0 spiro atoms. The van der Waals surface area contributed by atoms with E-state index in [0.29, 0.717) is 20.8 Å². The van der Waals surface area contributed by atoms with Crippen molar-refractivity contribution < 1.29 is 4.79 Å². The molecule has 0 bridgehead atoms. The van der Waals surface area contributed by atoms with Gasteiger partial charge in [0.25, 0.3) is 0 Å². The molecular weight excluding hydrogens is 343 g/mol. The average molecular weight is 354 g/mol. The minimum atomic E-state index is -0.0938. The van der Waals surface area contributed by atoms with Crippen LogP contribution in [0.25, 0.3) is 0 Å². The van der Waals surface area contributed by atoms with Gasteiger partial charge in [0.1, 0.15) is 6.54 Å². The van der Waals surface area contributed by atoms with Crippen molar-refractivity contribution in [3.05, 3.63) is 62.6 Å². The number of halogens is 3. The Morgan fingerprint density at radius 3 is 2.41 bits per heavy atom. The van der Waals surface area contributed by atoms with Crippen molar-refractivity contribution in [1.82, 2.24) is 0 Å². The first-order valence-corrected chi connectivity index (χ1v) is 7.67. The summed E-state index contributed by atoms with van der Waals surface area (Å²) in [4.78, 5) is 18.1. The van der Waals surface area contributed by atoms with Gasteiger partial charge >= 0.3 is 0 Å². The van der Waals surface area contributed by atoms with Crippen LogP contribution in [0.2, 0.25) is 15.1 Å². The van der Waals surface area contributed by atoms with Crippen LogP contribution in [0.15, 0.2) is 41.4 Å². The number of likely N-dealkylation sites (N-methyl/N-ethyl adjacent to an activating group) is 1. The monoisotopic (exact) mass is 352 g/mol. The summed E-state index contributed by atoms with van der Waals surface area (Å²) in [5, 5.41) is 1.59. The van der Waals surface area contributed by atoms with Crippen molar-refractivity contribution in [2.75, 3.05) is 18.5 Å². The number of amides is 1. The van der Waals surface area contributed by atoms with E-state index in [1.165, 1.54) is 0 Å². The Balaban J connectivity index is 2.25. The summed E-state index contributed by atoms with van der Waals surface area (Å²) in [5.41, 5.74) is 2.87. The molecule has 2 aromatic rings. The Bertz CT molecular complexity index is 802. The van der Waals surface area contributed by atoms with Crippen molar-refractivity contribution in [3.8, 4) is 0 Å². The maximum absolute atomic E-state index is 12.1.